The van der Waals surface area contributed by atoms with Gasteiger partial charge in [-0.25, -0.2) is 0 Å². The molecule has 2 aromatic rings. The number of hydrogen-bond donors (Lipinski definition) is 0. The Morgan fingerprint density at radius 1 is 1.19 bits per heavy atom. The highest BCUT2D eigenvalue weighted by molar-refractivity contribution is 9.10. The topological polar surface area (TPSA) is 43.1 Å². The first kappa shape index (κ1) is 9.78. The highest BCUT2D eigenvalue weighted by Gasteiger charge is 2.29. The maximum atomic E-state index is 11.7. The normalized spacial score (nSPS) is 14.2. The van der Waals surface area contributed by atoms with E-state index in [1.165, 1.54) is 0 Å². The minimum atomic E-state index is 0.133. The van der Waals surface area contributed by atoms with Crippen LogP contribution in [-0.2, 0) is 6.42 Å². The number of carbonyl (C=O) groups is 1. The molecule has 0 fully saturated rings. The van der Waals surface area contributed by atoms with Crippen LogP contribution in [0.5, 0.6) is 0 Å². The third-order valence-electron chi connectivity index (χ3n) is 2.74. The standard InChI is InChI=1S/C12H8BrNO2/c13-8-3-1-7(2-4-8)12-11-9(15)5-6-10(11)16-14-12/h1-4H,5-6H2. The number of Topliss-reactive ketones (excluding diaryl/α,β-unsaturated/α-hetero) is 1. The minimum absolute atomic E-state index is 0.133. The smallest absolute Gasteiger partial charge is 0.169 e. The Morgan fingerprint density at radius 3 is 2.69 bits per heavy atom. The fourth-order valence-corrected chi connectivity index (χ4v) is 2.20. The van der Waals surface area contributed by atoms with Gasteiger partial charge in [-0.1, -0.05) is 33.2 Å². The highest BCUT2D eigenvalue weighted by Crippen LogP contribution is 2.32. The summed E-state index contributed by atoms with van der Waals surface area (Å²) in [4.78, 5) is 11.7. The Balaban J connectivity index is 2.14. The number of aromatic nitrogens is 1. The van der Waals surface area contributed by atoms with Crippen LogP contribution in [0.4, 0.5) is 0 Å². The predicted octanol–water partition coefficient (Wildman–Crippen LogP) is 3.23. The van der Waals surface area contributed by atoms with E-state index in [2.05, 4.69) is 21.1 Å². The van der Waals surface area contributed by atoms with E-state index in [0.717, 1.165) is 15.8 Å². The number of fused-ring (bicyclic) bond motifs is 1. The number of nitrogens with zero attached hydrogens (tertiary/aromatic N) is 1. The van der Waals surface area contributed by atoms with Gasteiger partial charge in [0, 0.05) is 22.9 Å². The molecule has 1 aliphatic carbocycles. The Labute approximate surface area is 101 Å². The predicted molar refractivity (Wildman–Crippen MR) is 62.3 cm³/mol. The van der Waals surface area contributed by atoms with Gasteiger partial charge in [-0.2, -0.15) is 0 Å². The molecule has 0 atom stereocenters. The quantitative estimate of drug-likeness (QED) is 0.804. The molecule has 4 heteroatoms. The number of aryl methyl sites for hydroxylation is 1. The van der Waals surface area contributed by atoms with Crippen molar-refractivity contribution in [2.45, 2.75) is 12.8 Å². The van der Waals surface area contributed by atoms with Crippen LogP contribution in [0.1, 0.15) is 22.5 Å². The van der Waals surface area contributed by atoms with Crippen molar-refractivity contribution in [3.63, 3.8) is 0 Å². The summed E-state index contributed by atoms with van der Waals surface area (Å²) in [5.41, 5.74) is 2.26. The SMILES string of the molecule is O=C1CCc2onc(-c3ccc(Br)cc3)c21. The average Bonchev–Trinajstić information content (AvgIpc) is 2.84. The first-order valence-corrected chi connectivity index (χ1v) is 5.82. The molecule has 0 saturated carbocycles. The van der Waals surface area contributed by atoms with Crippen LogP contribution in [0, 0.1) is 0 Å². The molecule has 1 aromatic heterocycles. The maximum absolute atomic E-state index is 11.7. The summed E-state index contributed by atoms with van der Waals surface area (Å²) in [7, 11) is 0. The van der Waals surface area contributed by atoms with Crippen molar-refractivity contribution < 1.29 is 9.32 Å². The molecule has 1 heterocycles. The molecule has 0 spiro atoms. The van der Waals surface area contributed by atoms with Gasteiger partial charge in [0.15, 0.2) is 5.78 Å². The number of carbonyl (C=O) groups excluding carboxylic acids is 1. The van der Waals surface area contributed by atoms with Crippen molar-refractivity contribution >= 4 is 21.7 Å². The Kier molecular flexibility index (Phi) is 2.17. The zero-order valence-corrected chi connectivity index (χ0v) is 9.95. The monoisotopic (exact) mass is 277 g/mol. The van der Waals surface area contributed by atoms with Crippen LogP contribution in [0.2, 0.25) is 0 Å². The van der Waals surface area contributed by atoms with Gasteiger partial charge in [0.1, 0.15) is 11.5 Å². The lowest BCUT2D eigenvalue weighted by Gasteiger charge is -1.97. The summed E-state index contributed by atoms with van der Waals surface area (Å²) < 4.78 is 6.18. The van der Waals surface area contributed by atoms with Gasteiger partial charge in [-0.15, -0.1) is 0 Å². The van der Waals surface area contributed by atoms with Crippen molar-refractivity contribution in [2.24, 2.45) is 0 Å². The van der Waals surface area contributed by atoms with Gasteiger partial charge in [-0.05, 0) is 12.1 Å². The molecule has 0 unspecified atom stereocenters. The van der Waals surface area contributed by atoms with Gasteiger partial charge >= 0.3 is 0 Å². The molecule has 0 radical (unpaired) electrons. The summed E-state index contributed by atoms with van der Waals surface area (Å²) >= 11 is 3.37. The number of halogens is 1. The molecular weight excluding hydrogens is 270 g/mol. The lowest BCUT2D eigenvalue weighted by atomic mass is 10.1. The molecule has 3 rings (SSSR count). The lowest BCUT2D eigenvalue weighted by molar-refractivity contribution is 0.0995. The van der Waals surface area contributed by atoms with E-state index in [9.17, 15) is 4.79 Å². The summed E-state index contributed by atoms with van der Waals surface area (Å²) in [6.45, 7) is 0. The van der Waals surface area contributed by atoms with E-state index in [4.69, 9.17) is 4.52 Å². The second-order valence-corrected chi connectivity index (χ2v) is 4.68. The van der Waals surface area contributed by atoms with Gasteiger partial charge < -0.3 is 4.52 Å². The summed E-state index contributed by atoms with van der Waals surface area (Å²) in [6, 6.07) is 7.70. The summed E-state index contributed by atoms with van der Waals surface area (Å²) in [5, 5.41) is 3.98. The fraction of sp³-hybridized carbons (Fsp3) is 0.167. The van der Waals surface area contributed by atoms with E-state index < -0.39 is 0 Å². The van der Waals surface area contributed by atoms with Gasteiger partial charge in [0.25, 0.3) is 0 Å². The van der Waals surface area contributed by atoms with Gasteiger partial charge in [-0.3, -0.25) is 4.79 Å². The number of rotatable bonds is 1. The largest absolute Gasteiger partial charge is 0.360 e. The van der Waals surface area contributed by atoms with E-state index in [0.29, 0.717) is 24.1 Å². The van der Waals surface area contributed by atoms with E-state index in [1.807, 2.05) is 24.3 Å². The van der Waals surface area contributed by atoms with Crippen LogP contribution in [0.25, 0.3) is 11.3 Å². The third kappa shape index (κ3) is 1.41. The minimum Gasteiger partial charge on any atom is -0.360 e. The molecular formula is C12H8BrNO2. The average molecular weight is 278 g/mol. The lowest BCUT2D eigenvalue weighted by Crippen LogP contribution is -1.93. The first-order valence-electron chi connectivity index (χ1n) is 5.03. The van der Waals surface area contributed by atoms with Gasteiger partial charge in [0.2, 0.25) is 0 Å². The molecule has 16 heavy (non-hydrogen) atoms. The van der Waals surface area contributed by atoms with Crippen LogP contribution >= 0.6 is 15.9 Å². The Bertz CT molecular complexity index is 557. The fourth-order valence-electron chi connectivity index (χ4n) is 1.94. The summed E-state index contributed by atoms with van der Waals surface area (Å²) in [6.07, 6.45) is 1.22. The van der Waals surface area contributed by atoms with Crippen LogP contribution in [0.15, 0.2) is 33.3 Å². The van der Waals surface area contributed by atoms with E-state index in [-0.39, 0.29) is 5.78 Å². The molecule has 80 valence electrons. The van der Waals surface area contributed by atoms with E-state index >= 15 is 0 Å². The molecule has 0 saturated heterocycles. The second kappa shape index (κ2) is 3.56. The second-order valence-electron chi connectivity index (χ2n) is 3.76. The molecule has 1 aliphatic rings. The molecule has 0 aliphatic heterocycles. The Hall–Kier alpha value is -1.42. The van der Waals surface area contributed by atoms with Crippen molar-refractivity contribution in [3.8, 4) is 11.3 Å². The third-order valence-corrected chi connectivity index (χ3v) is 3.27. The van der Waals surface area contributed by atoms with Crippen LogP contribution in [-0.4, -0.2) is 10.9 Å². The van der Waals surface area contributed by atoms with Crippen molar-refractivity contribution in [1.29, 1.82) is 0 Å². The molecule has 3 nitrogen and oxygen atoms in total. The van der Waals surface area contributed by atoms with Crippen molar-refractivity contribution in [1.82, 2.24) is 5.16 Å². The van der Waals surface area contributed by atoms with Crippen LogP contribution in [0.3, 0.4) is 0 Å². The molecule has 0 N–H and O–H groups in total. The van der Waals surface area contributed by atoms with Crippen molar-refractivity contribution in [2.75, 3.05) is 0 Å². The first-order chi connectivity index (χ1) is 7.75. The number of benzene rings is 1. The summed E-state index contributed by atoms with van der Waals surface area (Å²) in [5.74, 6) is 0.858. The highest BCUT2D eigenvalue weighted by atomic mass is 79.9. The molecule has 0 amide bonds. The zero-order valence-electron chi connectivity index (χ0n) is 8.37. The zero-order chi connectivity index (χ0) is 11.1. The molecule has 0 bridgehead atoms. The maximum Gasteiger partial charge on any atom is 0.169 e. The molecule has 1 aromatic carbocycles. The van der Waals surface area contributed by atoms with Gasteiger partial charge in [0.05, 0.1) is 5.56 Å². The number of ketones is 1. The number of hydrogen-bond acceptors (Lipinski definition) is 3. The van der Waals surface area contributed by atoms with E-state index in [1.54, 1.807) is 0 Å². The van der Waals surface area contributed by atoms with Crippen molar-refractivity contribution in [3.05, 3.63) is 40.1 Å². The Morgan fingerprint density at radius 2 is 1.94 bits per heavy atom. The van der Waals surface area contributed by atoms with Crippen LogP contribution < -0.4 is 0 Å².